The van der Waals surface area contributed by atoms with Crippen LogP contribution < -0.4 is 27.8 Å². The zero-order valence-corrected chi connectivity index (χ0v) is 19.9. The number of carboxylic acids is 1. The lowest BCUT2D eigenvalue weighted by Gasteiger charge is -2.31. The Morgan fingerprint density at radius 1 is 1.00 bits per heavy atom. The summed E-state index contributed by atoms with van der Waals surface area (Å²) in [5, 5.41) is 13.9. The van der Waals surface area contributed by atoms with Crippen molar-refractivity contribution in [1.29, 1.82) is 0 Å². The fraction of sp³-hybridized carbons (Fsp3) is 0.714. The molecule has 2 aliphatic rings. The third kappa shape index (κ3) is 7.80. The van der Waals surface area contributed by atoms with Gasteiger partial charge in [-0.25, -0.2) is 0 Å². The number of nitrogens with zero attached hydrogens (tertiary/aromatic N) is 3. The van der Waals surface area contributed by atoms with Crippen molar-refractivity contribution in [3.05, 3.63) is 0 Å². The summed E-state index contributed by atoms with van der Waals surface area (Å²) in [5.41, 5.74) is 16.4. The SMILES string of the molecule is C[C@H](N)C(=O)N1CCC[C@H]1C(=O)N[C@@H](CCCN=C(N)N)C(=O)N1CCC[C@H]1C(=O)NCC(=O)O. The second-order valence-corrected chi connectivity index (χ2v) is 8.79. The van der Waals surface area contributed by atoms with Gasteiger partial charge in [0, 0.05) is 19.6 Å². The number of hydrogen-bond acceptors (Lipinski definition) is 7. The number of carbonyl (C=O) groups is 5. The maximum atomic E-state index is 13.4. The Bertz CT molecular complexity index is 844. The molecule has 0 aliphatic carbocycles. The molecule has 0 aromatic heterocycles. The summed E-state index contributed by atoms with van der Waals surface area (Å²) in [4.78, 5) is 68.9. The van der Waals surface area contributed by atoms with Crippen molar-refractivity contribution >= 4 is 35.6 Å². The maximum Gasteiger partial charge on any atom is 0.322 e. The Kier molecular flexibility index (Phi) is 10.2. The van der Waals surface area contributed by atoms with Crippen molar-refractivity contribution in [2.45, 2.75) is 69.6 Å². The van der Waals surface area contributed by atoms with Crippen LogP contribution in [0.2, 0.25) is 0 Å². The van der Waals surface area contributed by atoms with E-state index in [-0.39, 0.29) is 24.8 Å². The fourth-order valence-corrected chi connectivity index (χ4v) is 4.38. The van der Waals surface area contributed by atoms with Gasteiger partial charge in [0.15, 0.2) is 5.96 Å². The first-order valence-corrected chi connectivity index (χ1v) is 11.7. The zero-order chi connectivity index (χ0) is 26.1. The van der Waals surface area contributed by atoms with E-state index in [0.29, 0.717) is 45.2 Å². The summed E-state index contributed by atoms with van der Waals surface area (Å²) in [6.45, 7) is 1.93. The van der Waals surface area contributed by atoms with Crippen LogP contribution >= 0.6 is 0 Å². The van der Waals surface area contributed by atoms with Crippen LogP contribution in [0.15, 0.2) is 4.99 Å². The van der Waals surface area contributed by atoms with Crippen LogP contribution in [0.1, 0.15) is 45.4 Å². The van der Waals surface area contributed by atoms with E-state index in [1.165, 1.54) is 9.80 Å². The van der Waals surface area contributed by atoms with Crippen LogP contribution in [0.3, 0.4) is 0 Å². The molecule has 14 nitrogen and oxygen atoms in total. The summed E-state index contributed by atoms with van der Waals surface area (Å²) in [6, 6.07) is -3.30. The third-order valence-electron chi connectivity index (χ3n) is 6.04. The molecule has 4 atom stereocenters. The van der Waals surface area contributed by atoms with Crippen molar-refractivity contribution in [2.24, 2.45) is 22.2 Å². The predicted octanol–water partition coefficient (Wildman–Crippen LogP) is -2.95. The van der Waals surface area contributed by atoms with Gasteiger partial charge in [-0.05, 0) is 45.4 Å². The number of amides is 4. The van der Waals surface area contributed by atoms with Crippen LogP contribution in [0.4, 0.5) is 0 Å². The highest BCUT2D eigenvalue weighted by Crippen LogP contribution is 2.22. The highest BCUT2D eigenvalue weighted by molar-refractivity contribution is 5.95. The highest BCUT2D eigenvalue weighted by Gasteiger charge is 2.40. The largest absolute Gasteiger partial charge is 0.480 e. The summed E-state index contributed by atoms with van der Waals surface area (Å²) in [7, 11) is 0. The molecule has 9 N–H and O–H groups in total. The van der Waals surface area contributed by atoms with Crippen LogP contribution in [0.25, 0.3) is 0 Å². The number of likely N-dealkylation sites (tertiary alicyclic amines) is 2. The van der Waals surface area contributed by atoms with Gasteiger partial charge >= 0.3 is 5.97 Å². The van der Waals surface area contributed by atoms with E-state index in [4.69, 9.17) is 22.3 Å². The molecule has 0 aromatic rings. The number of aliphatic imine (C=N–C) groups is 1. The lowest BCUT2D eigenvalue weighted by molar-refractivity contribution is -0.144. The Morgan fingerprint density at radius 2 is 1.57 bits per heavy atom. The van der Waals surface area contributed by atoms with Crippen molar-refractivity contribution in [2.75, 3.05) is 26.2 Å². The van der Waals surface area contributed by atoms with Gasteiger partial charge in [-0.3, -0.25) is 29.0 Å². The molecule has 196 valence electrons. The molecular formula is C21H36N8O6. The molecule has 0 spiro atoms. The number of rotatable bonds is 11. The van der Waals surface area contributed by atoms with E-state index in [1.807, 2.05) is 0 Å². The Labute approximate surface area is 203 Å². The van der Waals surface area contributed by atoms with Gasteiger partial charge in [0.1, 0.15) is 24.7 Å². The first kappa shape index (κ1) is 27.8. The molecule has 0 saturated carbocycles. The molecule has 35 heavy (non-hydrogen) atoms. The summed E-state index contributed by atoms with van der Waals surface area (Å²) in [5.74, 6) is -3.12. The summed E-state index contributed by atoms with van der Waals surface area (Å²) < 4.78 is 0. The molecule has 0 radical (unpaired) electrons. The van der Waals surface area contributed by atoms with Gasteiger partial charge in [-0.15, -0.1) is 0 Å². The molecule has 0 aromatic carbocycles. The number of guanidine groups is 1. The second kappa shape index (κ2) is 12.9. The second-order valence-electron chi connectivity index (χ2n) is 8.79. The van der Waals surface area contributed by atoms with Crippen molar-refractivity contribution in [3.8, 4) is 0 Å². The highest BCUT2D eigenvalue weighted by atomic mass is 16.4. The summed E-state index contributed by atoms with van der Waals surface area (Å²) in [6.07, 6.45) is 2.61. The molecule has 14 heteroatoms. The lowest BCUT2D eigenvalue weighted by atomic mass is 10.1. The molecule has 2 saturated heterocycles. The van der Waals surface area contributed by atoms with Crippen molar-refractivity contribution in [3.63, 3.8) is 0 Å². The van der Waals surface area contributed by atoms with Crippen LogP contribution in [-0.4, -0.2) is 101 Å². The molecule has 2 heterocycles. The quantitative estimate of drug-likeness (QED) is 0.0975. The van der Waals surface area contributed by atoms with Crippen LogP contribution in [0.5, 0.6) is 0 Å². The van der Waals surface area contributed by atoms with E-state index in [2.05, 4.69) is 15.6 Å². The molecule has 2 fully saturated rings. The van der Waals surface area contributed by atoms with Crippen LogP contribution in [0, 0.1) is 0 Å². The molecular weight excluding hydrogens is 460 g/mol. The van der Waals surface area contributed by atoms with Gasteiger partial charge in [0.25, 0.3) is 0 Å². The average Bonchev–Trinajstić information content (AvgIpc) is 3.48. The first-order chi connectivity index (χ1) is 16.5. The van der Waals surface area contributed by atoms with E-state index in [1.54, 1.807) is 6.92 Å². The number of hydrogen-bond donors (Lipinski definition) is 6. The van der Waals surface area contributed by atoms with Gasteiger partial charge in [0.05, 0.1) is 6.04 Å². The van der Waals surface area contributed by atoms with Gasteiger partial charge in [0.2, 0.25) is 23.6 Å². The number of nitrogens with two attached hydrogens (primary N) is 3. The monoisotopic (exact) mass is 496 g/mol. The Balaban J connectivity index is 2.15. The Hall–Kier alpha value is -3.42. The number of carbonyl (C=O) groups excluding carboxylic acids is 4. The topological polar surface area (TPSA) is 227 Å². The molecule has 4 amide bonds. The summed E-state index contributed by atoms with van der Waals surface area (Å²) >= 11 is 0. The lowest BCUT2D eigenvalue weighted by Crippen LogP contribution is -2.57. The van der Waals surface area contributed by atoms with Crippen molar-refractivity contribution in [1.82, 2.24) is 20.4 Å². The maximum absolute atomic E-state index is 13.4. The number of nitrogens with one attached hydrogen (secondary N) is 2. The number of carboxylic acid groups (broad SMARTS) is 1. The molecule has 2 rings (SSSR count). The minimum atomic E-state index is -1.19. The molecule has 0 bridgehead atoms. The van der Waals surface area contributed by atoms with E-state index in [0.717, 1.165) is 0 Å². The van der Waals surface area contributed by atoms with E-state index in [9.17, 15) is 24.0 Å². The van der Waals surface area contributed by atoms with Gasteiger partial charge in [-0.1, -0.05) is 0 Å². The van der Waals surface area contributed by atoms with Crippen LogP contribution in [-0.2, 0) is 24.0 Å². The zero-order valence-electron chi connectivity index (χ0n) is 19.9. The number of aliphatic carboxylic acids is 1. The predicted molar refractivity (Wildman–Crippen MR) is 126 cm³/mol. The van der Waals surface area contributed by atoms with Gasteiger partial charge < -0.3 is 42.7 Å². The Morgan fingerprint density at radius 3 is 2.11 bits per heavy atom. The van der Waals surface area contributed by atoms with E-state index >= 15 is 0 Å². The first-order valence-electron chi connectivity index (χ1n) is 11.7. The van der Waals surface area contributed by atoms with Crippen molar-refractivity contribution < 1.29 is 29.1 Å². The average molecular weight is 497 g/mol. The van der Waals surface area contributed by atoms with E-state index < -0.39 is 54.4 Å². The molecule has 0 unspecified atom stereocenters. The normalized spacial score (nSPS) is 21.2. The third-order valence-corrected chi connectivity index (χ3v) is 6.04. The minimum Gasteiger partial charge on any atom is -0.480 e. The smallest absolute Gasteiger partial charge is 0.322 e. The fourth-order valence-electron chi connectivity index (χ4n) is 4.38. The van der Waals surface area contributed by atoms with Gasteiger partial charge in [-0.2, -0.15) is 0 Å². The standard InChI is InChI=1S/C21H36N8O6/c1-12(22)19(34)28-9-4-7-15(28)18(33)27-13(5-2-8-25-21(23)24)20(35)29-10-3-6-14(29)17(32)26-11-16(30)31/h12-15H,2-11,22H2,1H3,(H,26,32)(H,27,33)(H,30,31)(H4,23,24,25)/t12-,13-,14-,15-/m0/s1. The molecule has 2 aliphatic heterocycles. The minimum absolute atomic E-state index is 0.0948.